The Hall–Kier alpha value is -1.55. The van der Waals surface area contributed by atoms with Gasteiger partial charge in [0, 0.05) is 37.9 Å². The molecule has 1 N–H and O–H groups in total. The fraction of sp³-hybridized carbons (Fsp3) is 0.588. The molecular formula is C17H27N3O. The van der Waals surface area contributed by atoms with Crippen LogP contribution in [0.1, 0.15) is 36.7 Å². The largest absolute Gasteiger partial charge is 0.385 e. The summed E-state index contributed by atoms with van der Waals surface area (Å²) in [6, 6.07) is 6.49. The number of carbonyl (C=O) groups excluding carboxylic acids is 1. The van der Waals surface area contributed by atoms with Crippen LogP contribution in [0.5, 0.6) is 0 Å². The lowest BCUT2D eigenvalue weighted by atomic mass is 10.1. The summed E-state index contributed by atoms with van der Waals surface area (Å²) in [7, 11) is 0. The molecule has 1 heterocycles. The van der Waals surface area contributed by atoms with Gasteiger partial charge in [0.2, 0.25) is 0 Å². The van der Waals surface area contributed by atoms with Crippen LogP contribution in [0.2, 0.25) is 0 Å². The maximum atomic E-state index is 12.9. The molecule has 1 aromatic carbocycles. The molecule has 4 heteroatoms. The highest BCUT2D eigenvalue weighted by molar-refractivity contribution is 6.00. The van der Waals surface area contributed by atoms with Gasteiger partial charge in [-0.1, -0.05) is 18.6 Å². The summed E-state index contributed by atoms with van der Waals surface area (Å²) < 4.78 is 0. The molecular weight excluding hydrogens is 262 g/mol. The van der Waals surface area contributed by atoms with E-state index in [4.69, 9.17) is 0 Å². The number of anilines is 1. The fourth-order valence-electron chi connectivity index (χ4n) is 3.00. The highest BCUT2D eigenvalue weighted by atomic mass is 16.2. The fourth-order valence-corrected chi connectivity index (χ4v) is 3.00. The number of hydrogen-bond acceptors (Lipinski definition) is 3. The first-order chi connectivity index (χ1) is 10.1. The molecule has 116 valence electrons. The zero-order valence-electron chi connectivity index (χ0n) is 13.6. The number of amides is 1. The van der Waals surface area contributed by atoms with Crippen molar-refractivity contribution >= 4 is 11.6 Å². The lowest BCUT2D eigenvalue weighted by Gasteiger charge is -2.39. The van der Waals surface area contributed by atoms with E-state index in [1.807, 2.05) is 30.0 Å². The summed E-state index contributed by atoms with van der Waals surface area (Å²) in [5, 5.41) is 3.30. The van der Waals surface area contributed by atoms with E-state index < -0.39 is 0 Å². The van der Waals surface area contributed by atoms with Crippen molar-refractivity contribution in [1.82, 2.24) is 9.80 Å². The van der Waals surface area contributed by atoms with E-state index in [0.29, 0.717) is 6.04 Å². The number of aryl methyl sites for hydroxylation is 1. The van der Waals surface area contributed by atoms with E-state index in [1.165, 1.54) is 0 Å². The van der Waals surface area contributed by atoms with Crippen LogP contribution in [-0.2, 0) is 0 Å². The molecule has 1 saturated heterocycles. The summed E-state index contributed by atoms with van der Waals surface area (Å²) in [5.74, 6) is 0.150. The second-order valence-electron chi connectivity index (χ2n) is 5.81. The maximum absolute atomic E-state index is 12.9. The molecule has 1 aliphatic rings. The molecule has 0 aliphatic carbocycles. The van der Waals surface area contributed by atoms with Crippen LogP contribution in [0.3, 0.4) is 0 Å². The molecule has 1 amide bonds. The van der Waals surface area contributed by atoms with Crippen molar-refractivity contribution < 1.29 is 4.79 Å². The van der Waals surface area contributed by atoms with Crippen molar-refractivity contribution in [3.8, 4) is 0 Å². The number of piperazine rings is 1. The Labute approximate surface area is 128 Å². The van der Waals surface area contributed by atoms with Gasteiger partial charge in [0.1, 0.15) is 0 Å². The van der Waals surface area contributed by atoms with Crippen molar-refractivity contribution in [2.75, 3.05) is 38.0 Å². The number of rotatable bonds is 4. The van der Waals surface area contributed by atoms with Crippen LogP contribution in [0.15, 0.2) is 18.2 Å². The van der Waals surface area contributed by atoms with E-state index in [9.17, 15) is 4.79 Å². The molecule has 2 rings (SSSR count). The highest BCUT2D eigenvalue weighted by Crippen LogP contribution is 2.21. The van der Waals surface area contributed by atoms with Crippen LogP contribution >= 0.6 is 0 Å². The summed E-state index contributed by atoms with van der Waals surface area (Å²) in [6.45, 7) is 12.9. The van der Waals surface area contributed by atoms with Gasteiger partial charge in [-0.25, -0.2) is 0 Å². The predicted octanol–water partition coefficient (Wildman–Crippen LogP) is 2.59. The molecule has 1 aromatic rings. The van der Waals surface area contributed by atoms with Gasteiger partial charge < -0.3 is 10.2 Å². The van der Waals surface area contributed by atoms with Crippen LogP contribution < -0.4 is 5.32 Å². The Morgan fingerprint density at radius 2 is 2.10 bits per heavy atom. The number of hydrogen-bond donors (Lipinski definition) is 1. The van der Waals surface area contributed by atoms with Gasteiger partial charge in [0.25, 0.3) is 5.91 Å². The van der Waals surface area contributed by atoms with E-state index in [1.54, 1.807) is 0 Å². The topological polar surface area (TPSA) is 35.6 Å². The third kappa shape index (κ3) is 3.56. The van der Waals surface area contributed by atoms with Crippen LogP contribution in [0.4, 0.5) is 5.69 Å². The molecule has 0 radical (unpaired) electrons. The van der Waals surface area contributed by atoms with E-state index in [0.717, 1.165) is 49.5 Å². The van der Waals surface area contributed by atoms with Gasteiger partial charge in [-0.15, -0.1) is 0 Å². The first-order valence-corrected chi connectivity index (χ1v) is 7.94. The summed E-state index contributed by atoms with van der Waals surface area (Å²) in [4.78, 5) is 17.3. The molecule has 1 unspecified atom stereocenters. The second kappa shape index (κ2) is 6.94. The second-order valence-corrected chi connectivity index (χ2v) is 5.81. The van der Waals surface area contributed by atoms with Crippen molar-refractivity contribution in [3.63, 3.8) is 0 Å². The maximum Gasteiger partial charge on any atom is 0.256 e. The Bertz CT molecular complexity index is 501. The third-order valence-corrected chi connectivity index (χ3v) is 4.23. The minimum absolute atomic E-state index is 0.150. The summed E-state index contributed by atoms with van der Waals surface area (Å²) in [5.41, 5.74) is 2.87. The standard InChI is InChI=1S/C17H27N3O/c1-5-18-16-8-7-13(3)11-15(16)17(21)20-10-9-19(6-2)14(4)12-20/h7-8,11,14,18H,5-6,9-10,12H2,1-4H3. The van der Waals surface area contributed by atoms with Gasteiger partial charge in [-0.3, -0.25) is 9.69 Å². The van der Waals surface area contributed by atoms with Crippen molar-refractivity contribution in [2.24, 2.45) is 0 Å². The molecule has 1 aliphatic heterocycles. The van der Waals surface area contributed by atoms with E-state index in [-0.39, 0.29) is 5.91 Å². The first kappa shape index (κ1) is 15.8. The SMILES string of the molecule is CCNc1ccc(C)cc1C(=O)N1CCN(CC)C(C)C1. The molecule has 1 fully saturated rings. The van der Waals surface area contributed by atoms with Crippen LogP contribution in [0.25, 0.3) is 0 Å². The lowest BCUT2D eigenvalue weighted by Crippen LogP contribution is -2.53. The van der Waals surface area contributed by atoms with Gasteiger partial charge in [-0.05, 0) is 39.4 Å². The Kier molecular flexibility index (Phi) is 5.23. The predicted molar refractivity (Wildman–Crippen MR) is 88.0 cm³/mol. The molecule has 0 aromatic heterocycles. The molecule has 1 atom stereocenters. The number of nitrogens with zero attached hydrogens (tertiary/aromatic N) is 2. The van der Waals surface area contributed by atoms with Crippen LogP contribution in [0, 0.1) is 6.92 Å². The van der Waals surface area contributed by atoms with Gasteiger partial charge in [-0.2, -0.15) is 0 Å². The minimum Gasteiger partial charge on any atom is -0.385 e. The number of carbonyl (C=O) groups is 1. The molecule has 0 bridgehead atoms. The van der Waals surface area contributed by atoms with Crippen LogP contribution in [-0.4, -0.2) is 54.5 Å². The van der Waals surface area contributed by atoms with Crippen molar-refractivity contribution in [1.29, 1.82) is 0 Å². The first-order valence-electron chi connectivity index (χ1n) is 7.94. The number of nitrogens with one attached hydrogen (secondary N) is 1. The van der Waals surface area contributed by atoms with Gasteiger partial charge >= 0.3 is 0 Å². The number of benzene rings is 1. The van der Waals surface area contributed by atoms with Gasteiger partial charge in [0.15, 0.2) is 0 Å². The molecule has 4 nitrogen and oxygen atoms in total. The van der Waals surface area contributed by atoms with Crippen molar-refractivity contribution in [2.45, 2.75) is 33.7 Å². The molecule has 0 spiro atoms. The Morgan fingerprint density at radius 3 is 2.71 bits per heavy atom. The summed E-state index contributed by atoms with van der Waals surface area (Å²) >= 11 is 0. The van der Waals surface area contributed by atoms with E-state index >= 15 is 0 Å². The van der Waals surface area contributed by atoms with Crippen molar-refractivity contribution in [3.05, 3.63) is 29.3 Å². The monoisotopic (exact) mass is 289 g/mol. The molecule has 0 saturated carbocycles. The smallest absolute Gasteiger partial charge is 0.256 e. The minimum atomic E-state index is 0.150. The zero-order valence-corrected chi connectivity index (χ0v) is 13.6. The number of likely N-dealkylation sites (N-methyl/N-ethyl adjacent to an activating group) is 1. The Morgan fingerprint density at radius 1 is 1.33 bits per heavy atom. The third-order valence-electron chi connectivity index (χ3n) is 4.23. The highest BCUT2D eigenvalue weighted by Gasteiger charge is 2.27. The zero-order chi connectivity index (χ0) is 15.4. The average molecular weight is 289 g/mol. The van der Waals surface area contributed by atoms with Gasteiger partial charge in [0.05, 0.1) is 5.56 Å². The average Bonchev–Trinajstić information content (AvgIpc) is 2.48. The summed E-state index contributed by atoms with van der Waals surface area (Å²) in [6.07, 6.45) is 0. The Balaban J connectivity index is 2.18. The van der Waals surface area contributed by atoms with E-state index in [2.05, 4.69) is 31.0 Å². The molecule has 21 heavy (non-hydrogen) atoms. The quantitative estimate of drug-likeness (QED) is 0.925. The lowest BCUT2D eigenvalue weighted by molar-refractivity contribution is 0.0529. The normalized spacial score (nSPS) is 19.6.